The smallest absolute Gasteiger partial charge is 0.340 e. The first-order valence-corrected chi connectivity index (χ1v) is 12.8. The molecule has 3 heterocycles. The summed E-state index contributed by atoms with van der Waals surface area (Å²) in [6.07, 6.45) is 2.96. The lowest BCUT2D eigenvalue weighted by Crippen LogP contribution is -2.14. The number of rotatable bonds is 8. The van der Waals surface area contributed by atoms with Gasteiger partial charge in [-0.3, -0.25) is 4.79 Å². The molecule has 0 saturated carbocycles. The monoisotopic (exact) mass is 511 g/mol. The molecule has 0 aliphatic carbocycles. The highest BCUT2D eigenvalue weighted by atomic mass is 35.5. The Morgan fingerprint density at radius 2 is 1.94 bits per heavy atom. The normalized spacial score (nSPS) is 17.3. The second-order valence-corrected chi connectivity index (χ2v) is 10.6. The standard InChI is InChI=1S/C22H26ClN3O7S/c1-5-32-22(29)19-12(2)20(24-14(19)4)17(27)10-33-18(28)7-6-16-13(3)25-26(21(16)23)15-8-9-34(30,31)11-15/h6-7,15,24H,5,8-11H2,1-4H3/b7-6+/t15-/m1/s1. The molecule has 12 heteroatoms. The zero-order valence-electron chi connectivity index (χ0n) is 19.3. The first-order valence-electron chi connectivity index (χ1n) is 10.6. The van der Waals surface area contributed by atoms with Gasteiger partial charge in [0.2, 0.25) is 5.78 Å². The van der Waals surface area contributed by atoms with Crippen LogP contribution < -0.4 is 0 Å². The summed E-state index contributed by atoms with van der Waals surface area (Å²) < 4.78 is 35.0. The highest BCUT2D eigenvalue weighted by molar-refractivity contribution is 7.91. The first-order chi connectivity index (χ1) is 15.9. The molecule has 1 fully saturated rings. The average Bonchev–Trinajstić information content (AvgIpc) is 3.37. The number of hydrogen-bond acceptors (Lipinski definition) is 8. The van der Waals surface area contributed by atoms with Gasteiger partial charge in [-0.05, 0) is 45.8 Å². The van der Waals surface area contributed by atoms with Crippen molar-refractivity contribution in [3.63, 3.8) is 0 Å². The fraction of sp³-hybridized carbons (Fsp3) is 0.455. The molecule has 0 bridgehead atoms. The highest BCUT2D eigenvalue weighted by Gasteiger charge is 2.32. The second-order valence-electron chi connectivity index (χ2n) is 8.00. The predicted molar refractivity (Wildman–Crippen MR) is 125 cm³/mol. The Morgan fingerprint density at radius 1 is 1.24 bits per heavy atom. The van der Waals surface area contributed by atoms with Gasteiger partial charge in [0.15, 0.2) is 16.4 Å². The number of hydrogen-bond donors (Lipinski definition) is 1. The molecule has 0 aromatic carbocycles. The minimum absolute atomic E-state index is 0.0311. The van der Waals surface area contributed by atoms with E-state index in [1.54, 1.807) is 27.7 Å². The van der Waals surface area contributed by atoms with Crippen molar-refractivity contribution in [3.8, 4) is 0 Å². The molecule has 1 aliphatic heterocycles. The van der Waals surface area contributed by atoms with Gasteiger partial charge < -0.3 is 14.5 Å². The fourth-order valence-electron chi connectivity index (χ4n) is 3.88. The zero-order chi connectivity index (χ0) is 25.2. The van der Waals surface area contributed by atoms with E-state index in [1.165, 1.54) is 10.8 Å². The van der Waals surface area contributed by atoms with Gasteiger partial charge in [0, 0.05) is 17.3 Å². The minimum atomic E-state index is -3.11. The number of halogens is 1. The Labute approximate surface area is 202 Å². The van der Waals surface area contributed by atoms with Gasteiger partial charge in [0.25, 0.3) is 0 Å². The van der Waals surface area contributed by atoms with Gasteiger partial charge in [-0.1, -0.05) is 11.6 Å². The second kappa shape index (κ2) is 10.1. The lowest BCUT2D eigenvalue weighted by Gasteiger charge is -2.09. The van der Waals surface area contributed by atoms with Crippen LogP contribution in [0.5, 0.6) is 0 Å². The molecule has 2 aromatic rings. The minimum Gasteiger partial charge on any atom is -0.462 e. The maximum Gasteiger partial charge on any atom is 0.340 e. The Hall–Kier alpha value is -2.92. The number of ketones is 1. The number of aromatic nitrogens is 3. The number of aryl methyl sites for hydroxylation is 2. The third-order valence-corrected chi connectivity index (χ3v) is 7.68. The molecule has 34 heavy (non-hydrogen) atoms. The van der Waals surface area contributed by atoms with Crippen LogP contribution in [-0.4, -0.2) is 65.6 Å². The largest absolute Gasteiger partial charge is 0.462 e. The molecular formula is C22H26ClN3O7S. The Balaban J connectivity index is 1.65. The van der Waals surface area contributed by atoms with Crippen LogP contribution in [0.25, 0.3) is 6.08 Å². The number of nitrogens with one attached hydrogen (secondary N) is 1. The van der Waals surface area contributed by atoms with E-state index in [0.717, 1.165) is 6.08 Å². The summed E-state index contributed by atoms with van der Waals surface area (Å²) in [7, 11) is -3.11. The van der Waals surface area contributed by atoms with Crippen molar-refractivity contribution >= 4 is 45.2 Å². The summed E-state index contributed by atoms with van der Waals surface area (Å²) in [6.45, 7) is 6.32. The van der Waals surface area contributed by atoms with Crippen LogP contribution in [-0.2, 0) is 24.1 Å². The summed E-state index contributed by atoms with van der Waals surface area (Å²) in [5, 5.41) is 4.54. The van der Waals surface area contributed by atoms with E-state index in [2.05, 4.69) is 10.1 Å². The molecule has 3 rings (SSSR count). The Kier molecular flexibility index (Phi) is 7.67. The first kappa shape index (κ1) is 25.7. The summed E-state index contributed by atoms with van der Waals surface area (Å²) in [5.74, 6) is -1.75. The Bertz CT molecular complexity index is 1270. The molecule has 2 aromatic heterocycles. The quantitative estimate of drug-likeness (QED) is 0.324. The van der Waals surface area contributed by atoms with Gasteiger partial charge in [-0.2, -0.15) is 5.10 Å². The van der Waals surface area contributed by atoms with Gasteiger partial charge in [0.05, 0.1) is 41.1 Å². The molecule has 10 nitrogen and oxygen atoms in total. The molecule has 0 unspecified atom stereocenters. The molecule has 1 atom stereocenters. The highest BCUT2D eigenvalue weighted by Crippen LogP contribution is 2.30. The van der Waals surface area contributed by atoms with E-state index >= 15 is 0 Å². The third-order valence-electron chi connectivity index (χ3n) is 5.55. The molecule has 0 amide bonds. The van der Waals surface area contributed by atoms with Gasteiger partial charge in [-0.15, -0.1) is 0 Å². The number of sulfone groups is 1. The SMILES string of the molecule is CCOC(=O)c1c(C)[nH]c(C(=O)COC(=O)/C=C/c2c(C)nn([C@@H]3CCS(=O)(=O)C3)c2Cl)c1C. The number of carbonyl (C=O) groups is 3. The summed E-state index contributed by atoms with van der Waals surface area (Å²) in [4.78, 5) is 39.6. The summed E-state index contributed by atoms with van der Waals surface area (Å²) in [5.41, 5.74) is 2.36. The third kappa shape index (κ3) is 5.41. The average molecular weight is 512 g/mol. The Morgan fingerprint density at radius 3 is 2.56 bits per heavy atom. The van der Waals surface area contributed by atoms with Crippen LogP contribution in [0.4, 0.5) is 0 Å². The van der Waals surface area contributed by atoms with E-state index in [9.17, 15) is 22.8 Å². The molecule has 1 saturated heterocycles. The maximum absolute atomic E-state index is 12.5. The number of esters is 2. The molecule has 0 radical (unpaired) electrons. The van der Waals surface area contributed by atoms with Crippen LogP contribution in [0.3, 0.4) is 0 Å². The van der Waals surface area contributed by atoms with E-state index in [-0.39, 0.29) is 40.6 Å². The number of H-pyrrole nitrogens is 1. The number of Topliss-reactive ketones (excluding diaryl/α,β-unsaturated/α-hetero) is 1. The fourth-order valence-corrected chi connectivity index (χ4v) is 5.95. The predicted octanol–water partition coefficient (Wildman–Crippen LogP) is 2.77. The number of carbonyl (C=O) groups excluding carboxylic acids is 3. The van der Waals surface area contributed by atoms with Crippen LogP contribution in [0.1, 0.15) is 62.7 Å². The maximum atomic E-state index is 12.5. The summed E-state index contributed by atoms with van der Waals surface area (Å²) in [6, 6.07) is -0.352. The van der Waals surface area contributed by atoms with Crippen molar-refractivity contribution in [3.05, 3.63) is 45.0 Å². The van der Waals surface area contributed by atoms with Gasteiger partial charge in [0.1, 0.15) is 5.15 Å². The van der Waals surface area contributed by atoms with Crippen molar-refractivity contribution in [1.82, 2.24) is 14.8 Å². The van der Waals surface area contributed by atoms with E-state index < -0.39 is 34.2 Å². The van der Waals surface area contributed by atoms with E-state index in [4.69, 9.17) is 21.1 Å². The molecule has 1 N–H and O–H groups in total. The lowest BCUT2D eigenvalue weighted by atomic mass is 10.1. The van der Waals surface area contributed by atoms with Crippen molar-refractivity contribution in [2.45, 2.75) is 40.2 Å². The number of aromatic amines is 1. The van der Waals surface area contributed by atoms with Crippen LogP contribution in [0.2, 0.25) is 5.15 Å². The molecular weight excluding hydrogens is 486 g/mol. The molecule has 1 aliphatic rings. The molecule has 184 valence electrons. The van der Waals surface area contributed by atoms with Crippen molar-refractivity contribution < 1.29 is 32.3 Å². The van der Waals surface area contributed by atoms with Crippen molar-refractivity contribution in [1.29, 1.82) is 0 Å². The van der Waals surface area contributed by atoms with E-state index in [1.807, 2.05) is 0 Å². The van der Waals surface area contributed by atoms with Gasteiger partial charge in [-0.25, -0.2) is 22.7 Å². The van der Waals surface area contributed by atoms with Crippen LogP contribution in [0.15, 0.2) is 6.08 Å². The van der Waals surface area contributed by atoms with Crippen molar-refractivity contribution in [2.75, 3.05) is 24.7 Å². The van der Waals surface area contributed by atoms with Crippen molar-refractivity contribution in [2.24, 2.45) is 0 Å². The summed E-state index contributed by atoms with van der Waals surface area (Å²) >= 11 is 6.38. The lowest BCUT2D eigenvalue weighted by molar-refractivity contribution is -0.136. The van der Waals surface area contributed by atoms with Crippen LogP contribution in [0, 0.1) is 20.8 Å². The number of nitrogens with zero attached hydrogens (tertiary/aromatic N) is 2. The van der Waals surface area contributed by atoms with E-state index in [0.29, 0.717) is 28.9 Å². The molecule has 0 spiro atoms. The zero-order valence-corrected chi connectivity index (χ0v) is 20.9. The van der Waals surface area contributed by atoms with Gasteiger partial charge >= 0.3 is 11.9 Å². The number of ether oxygens (including phenoxy) is 2. The topological polar surface area (TPSA) is 137 Å². The van der Waals surface area contributed by atoms with Crippen LogP contribution >= 0.6 is 11.6 Å².